The molecule has 20 heavy (non-hydrogen) atoms. The first-order valence-electron chi connectivity index (χ1n) is 7.51. The summed E-state index contributed by atoms with van der Waals surface area (Å²) in [5.41, 5.74) is 4.01. The second kappa shape index (κ2) is 6.76. The van der Waals surface area contributed by atoms with E-state index in [9.17, 15) is 0 Å². The monoisotopic (exact) mass is 271 g/mol. The Kier molecular flexibility index (Phi) is 5.02. The minimum absolute atomic E-state index is 0.251. The number of furan rings is 1. The Morgan fingerprint density at radius 2 is 1.75 bits per heavy atom. The van der Waals surface area contributed by atoms with E-state index >= 15 is 0 Å². The largest absolute Gasteiger partial charge is 0.464 e. The molecule has 0 radical (unpaired) electrons. The third kappa shape index (κ3) is 3.73. The highest BCUT2D eigenvalue weighted by Gasteiger charge is 2.15. The van der Waals surface area contributed by atoms with E-state index in [0.717, 1.165) is 30.9 Å². The van der Waals surface area contributed by atoms with Gasteiger partial charge in [0, 0.05) is 6.42 Å². The van der Waals surface area contributed by atoms with Gasteiger partial charge in [0.05, 0.1) is 6.04 Å². The molecule has 1 N–H and O–H groups in total. The molecule has 0 aliphatic rings. The lowest BCUT2D eigenvalue weighted by Gasteiger charge is -2.16. The van der Waals surface area contributed by atoms with Crippen LogP contribution in [0.3, 0.4) is 0 Å². The van der Waals surface area contributed by atoms with Crippen molar-refractivity contribution in [1.82, 2.24) is 5.32 Å². The minimum Gasteiger partial charge on any atom is -0.464 e. The van der Waals surface area contributed by atoms with Crippen LogP contribution in [0.2, 0.25) is 0 Å². The van der Waals surface area contributed by atoms with Crippen molar-refractivity contribution < 1.29 is 4.42 Å². The van der Waals surface area contributed by atoms with Gasteiger partial charge in [-0.2, -0.15) is 0 Å². The Labute approximate surface area is 122 Å². The highest BCUT2D eigenvalue weighted by Crippen LogP contribution is 2.22. The molecule has 2 rings (SSSR count). The topological polar surface area (TPSA) is 25.2 Å². The molecule has 1 aromatic carbocycles. The molecule has 2 aromatic rings. The van der Waals surface area contributed by atoms with Crippen LogP contribution in [0, 0.1) is 13.8 Å². The molecule has 1 aromatic heterocycles. The molecular formula is C18H25NO. The van der Waals surface area contributed by atoms with Crippen LogP contribution in [0.4, 0.5) is 0 Å². The molecule has 0 aliphatic heterocycles. The van der Waals surface area contributed by atoms with Gasteiger partial charge < -0.3 is 9.73 Å². The van der Waals surface area contributed by atoms with Gasteiger partial charge in [-0.25, -0.2) is 0 Å². The van der Waals surface area contributed by atoms with E-state index in [1.807, 2.05) is 0 Å². The van der Waals surface area contributed by atoms with Gasteiger partial charge in [-0.15, -0.1) is 0 Å². The molecule has 0 fully saturated rings. The molecule has 108 valence electrons. The van der Waals surface area contributed by atoms with Crippen molar-refractivity contribution in [2.45, 2.75) is 46.6 Å². The van der Waals surface area contributed by atoms with Crippen LogP contribution in [0.1, 0.15) is 48.1 Å². The highest BCUT2D eigenvalue weighted by atomic mass is 16.3. The second-order valence-electron chi connectivity index (χ2n) is 5.47. The van der Waals surface area contributed by atoms with E-state index < -0.39 is 0 Å². The molecule has 2 heteroatoms. The van der Waals surface area contributed by atoms with Gasteiger partial charge in [-0.3, -0.25) is 0 Å². The van der Waals surface area contributed by atoms with Crippen LogP contribution < -0.4 is 5.32 Å². The van der Waals surface area contributed by atoms with E-state index in [1.54, 1.807) is 0 Å². The first kappa shape index (κ1) is 14.9. The molecule has 0 spiro atoms. The van der Waals surface area contributed by atoms with Gasteiger partial charge in [0.1, 0.15) is 11.5 Å². The second-order valence-corrected chi connectivity index (χ2v) is 5.47. The van der Waals surface area contributed by atoms with Crippen LogP contribution in [0.25, 0.3) is 0 Å². The number of hydrogen-bond donors (Lipinski definition) is 1. The Balaban J connectivity index is 2.20. The zero-order chi connectivity index (χ0) is 14.5. The minimum atomic E-state index is 0.251. The Hall–Kier alpha value is -1.54. The van der Waals surface area contributed by atoms with Gasteiger partial charge >= 0.3 is 0 Å². The standard InChI is InChI=1S/C18H25NO/c1-5-16-7-8-18(20-16)17(19-6-2)12-15-10-13(3)9-14(4)11-15/h7-11,17,19H,5-6,12H2,1-4H3. The summed E-state index contributed by atoms with van der Waals surface area (Å²) in [6.45, 7) is 9.51. The molecule has 0 saturated carbocycles. The lowest BCUT2D eigenvalue weighted by atomic mass is 10.00. The summed E-state index contributed by atoms with van der Waals surface area (Å²) in [4.78, 5) is 0. The Bertz CT molecular complexity index is 536. The van der Waals surface area contributed by atoms with Crippen LogP contribution in [-0.4, -0.2) is 6.54 Å². The van der Waals surface area contributed by atoms with Gasteiger partial charge in [0.2, 0.25) is 0 Å². The Morgan fingerprint density at radius 1 is 1.05 bits per heavy atom. The first-order valence-corrected chi connectivity index (χ1v) is 7.51. The van der Waals surface area contributed by atoms with Gasteiger partial charge in [-0.05, 0) is 44.5 Å². The van der Waals surface area contributed by atoms with Gasteiger partial charge in [0.25, 0.3) is 0 Å². The zero-order valence-electron chi connectivity index (χ0n) is 13.0. The third-order valence-electron chi connectivity index (χ3n) is 3.55. The summed E-state index contributed by atoms with van der Waals surface area (Å²) in [6.07, 6.45) is 1.91. The number of benzene rings is 1. The van der Waals surface area contributed by atoms with Crippen molar-refractivity contribution in [3.05, 3.63) is 58.5 Å². The third-order valence-corrected chi connectivity index (χ3v) is 3.55. The quantitative estimate of drug-likeness (QED) is 0.845. The Morgan fingerprint density at radius 3 is 2.30 bits per heavy atom. The van der Waals surface area contributed by atoms with Crippen LogP contribution >= 0.6 is 0 Å². The normalized spacial score (nSPS) is 12.6. The van der Waals surface area contributed by atoms with Crippen molar-refractivity contribution >= 4 is 0 Å². The summed E-state index contributed by atoms with van der Waals surface area (Å²) in [7, 11) is 0. The fourth-order valence-corrected chi connectivity index (χ4v) is 2.71. The molecule has 1 atom stereocenters. The van der Waals surface area contributed by atoms with Crippen molar-refractivity contribution in [3.63, 3.8) is 0 Å². The van der Waals surface area contributed by atoms with Crippen LogP contribution in [0.5, 0.6) is 0 Å². The summed E-state index contributed by atoms with van der Waals surface area (Å²) in [6, 6.07) is 11.2. The number of rotatable bonds is 6. The van der Waals surface area contributed by atoms with Crippen LogP contribution in [0.15, 0.2) is 34.7 Å². The predicted molar refractivity (Wildman–Crippen MR) is 84.1 cm³/mol. The molecule has 1 unspecified atom stereocenters. The lowest BCUT2D eigenvalue weighted by Crippen LogP contribution is -2.22. The van der Waals surface area contributed by atoms with E-state index in [4.69, 9.17) is 4.42 Å². The predicted octanol–water partition coefficient (Wildman–Crippen LogP) is 4.35. The molecule has 2 nitrogen and oxygen atoms in total. The fourth-order valence-electron chi connectivity index (χ4n) is 2.71. The smallest absolute Gasteiger partial charge is 0.121 e. The zero-order valence-corrected chi connectivity index (χ0v) is 13.0. The van der Waals surface area contributed by atoms with Gasteiger partial charge in [-0.1, -0.05) is 43.2 Å². The number of nitrogens with one attached hydrogen (secondary N) is 1. The van der Waals surface area contributed by atoms with Crippen molar-refractivity contribution in [1.29, 1.82) is 0 Å². The summed E-state index contributed by atoms with van der Waals surface area (Å²) in [5, 5.41) is 3.53. The van der Waals surface area contributed by atoms with Crippen molar-refractivity contribution in [2.24, 2.45) is 0 Å². The average molecular weight is 271 g/mol. The fraction of sp³-hybridized carbons (Fsp3) is 0.444. The molecule has 0 amide bonds. The summed E-state index contributed by atoms with van der Waals surface area (Å²) < 4.78 is 5.92. The number of hydrogen-bond acceptors (Lipinski definition) is 2. The first-order chi connectivity index (χ1) is 9.62. The molecule has 0 aliphatic carbocycles. The molecule has 0 saturated heterocycles. The molecular weight excluding hydrogens is 246 g/mol. The van der Waals surface area contributed by atoms with Crippen molar-refractivity contribution in [2.75, 3.05) is 6.54 Å². The van der Waals surface area contributed by atoms with Crippen LogP contribution in [-0.2, 0) is 12.8 Å². The summed E-state index contributed by atoms with van der Waals surface area (Å²) >= 11 is 0. The average Bonchev–Trinajstić information content (AvgIpc) is 2.85. The van der Waals surface area contributed by atoms with E-state index in [0.29, 0.717) is 0 Å². The molecule has 1 heterocycles. The maximum Gasteiger partial charge on any atom is 0.121 e. The van der Waals surface area contributed by atoms with E-state index in [-0.39, 0.29) is 6.04 Å². The SMILES string of the molecule is CCNC(Cc1cc(C)cc(C)c1)c1ccc(CC)o1. The molecule has 0 bridgehead atoms. The van der Waals surface area contributed by atoms with Gasteiger partial charge in [0.15, 0.2) is 0 Å². The van der Waals surface area contributed by atoms with Crippen molar-refractivity contribution in [3.8, 4) is 0 Å². The summed E-state index contributed by atoms with van der Waals surface area (Å²) in [5.74, 6) is 2.10. The number of likely N-dealkylation sites (N-methyl/N-ethyl adjacent to an activating group) is 1. The number of aryl methyl sites for hydroxylation is 3. The maximum absolute atomic E-state index is 5.92. The van der Waals surface area contributed by atoms with E-state index in [1.165, 1.54) is 16.7 Å². The van der Waals surface area contributed by atoms with E-state index in [2.05, 4.69) is 63.3 Å². The highest BCUT2D eigenvalue weighted by molar-refractivity contribution is 5.30. The maximum atomic E-state index is 5.92. The lowest BCUT2D eigenvalue weighted by molar-refractivity contribution is 0.396.